The average molecular weight is 442 g/mol. The number of amides is 1. The topological polar surface area (TPSA) is 116 Å². The van der Waals surface area contributed by atoms with Crippen molar-refractivity contribution >= 4 is 32.4 Å². The Morgan fingerprint density at radius 3 is 2.37 bits per heavy atom. The standard InChI is InChI=1S/C20H19N5O3S2/c1-14(2)25(20-24-23-13-29-20)30(27,28)18-9-5-16(6-10-18)12-22-19(26)17-7-3-15(11-21)4-8-17/h3-10,13-14H,12H2,1-2H3,(H,22,26). The number of nitrogens with one attached hydrogen (secondary N) is 1. The summed E-state index contributed by atoms with van der Waals surface area (Å²) in [5, 5.41) is 19.5. The number of sulfonamides is 1. The van der Waals surface area contributed by atoms with Gasteiger partial charge >= 0.3 is 0 Å². The van der Waals surface area contributed by atoms with Gasteiger partial charge in [0.2, 0.25) is 5.13 Å². The molecule has 1 N–H and O–H groups in total. The number of hydrogen-bond donors (Lipinski definition) is 1. The summed E-state index contributed by atoms with van der Waals surface area (Å²) < 4.78 is 27.4. The van der Waals surface area contributed by atoms with E-state index in [0.29, 0.717) is 16.3 Å². The predicted molar refractivity (Wildman–Crippen MR) is 113 cm³/mol. The smallest absolute Gasteiger partial charge is 0.266 e. The summed E-state index contributed by atoms with van der Waals surface area (Å²) in [7, 11) is -3.79. The fourth-order valence-electron chi connectivity index (χ4n) is 2.74. The second-order valence-corrected chi connectivity index (χ2v) is 9.26. The molecule has 0 radical (unpaired) electrons. The number of rotatable bonds is 7. The molecule has 0 atom stereocenters. The Morgan fingerprint density at radius 2 is 1.83 bits per heavy atom. The van der Waals surface area contributed by atoms with E-state index in [1.165, 1.54) is 21.9 Å². The van der Waals surface area contributed by atoms with Crippen LogP contribution in [0.4, 0.5) is 5.13 Å². The van der Waals surface area contributed by atoms with Gasteiger partial charge in [-0.15, -0.1) is 10.2 Å². The first-order valence-corrected chi connectivity index (χ1v) is 11.3. The van der Waals surface area contributed by atoms with Crippen LogP contribution in [-0.4, -0.2) is 30.6 Å². The van der Waals surface area contributed by atoms with Crippen molar-refractivity contribution < 1.29 is 13.2 Å². The lowest BCUT2D eigenvalue weighted by molar-refractivity contribution is 0.0951. The van der Waals surface area contributed by atoms with Gasteiger partial charge in [-0.1, -0.05) is 23.5 Å². The van der Waals surface area contributed by atoms with E-state index >= 15 is 0 Å². The van der Waals surface area contributed by atoms with Gasteiger partial charge in [0.15, 0.2) is 0 Å². The lowest BCUT2D eigenvalue weighted by atomic mass is 10.1. The molecule has 0 spiro atoms. The molecule has 2 aromatic carbocycles. The zero-order chi connectivity index (χ0) is 21.7. The molecule has 10 heteroatoms. The highest BCUT2D eigenvalue weighted by Crippen LogP contribution is 2.27. The molecule has 0 saturated heterocycles. The highest BCUT2D eigenvalue weighted by Gasteiger charge is 2.29. The van der Waals surface area contributed by atoms with Gasteiger partial charge < -0.3 is 5.32 Å². The number of benzene rings is 2. The first kappa shape index (κ1) is 21.4. The largest absolute Gasteiger partial charge is 0.348 e. The minimum atomic E-state index is -3.79. The molecular weight excluding hydrogens is 422 g/mol. The van der Waals surface area contributed by atoms with E-state index in [9.17, 15) is 13.2 Å². The molecule has 1 aromatic heterocycles. The lowest BCUT2D eigenvalue weighted by Gasteiger charge is -2.25. The van der Waals surface area contributed by atoms with Crippen LogP contribution < -0.4 is 9.62 Å². The van der Waals surface area contributed by atoms with Crippen LogP contribution >= 0.6 is 11.3 Å². The lowest BCUT2D eigenvalue weighted by Crippen LogP contribution is -2.37. The van der Waals surface area contributed by atoms with Crippen molar-refractivity contribution in [2.45, 2.75) is 31.3 Å². The highest BCUT2D eigenvalue weighted by molar-refractivity contribution is 7.93. The second kappa shape index (κ2) is 9.02. The van der Waals surface area contributed by atoms with E-state index in [0.717, 1.165) is 16.9 Å². The zero-order valence-electron chi connectivity index (χ0n) is 16.3. The van der Waals surface area contributed by atoms with E-state index < -0.39 is 10.0 Å². The van der Waals surface area contributed by atoms with Crippen molar-refractivity contribution in [3.8, 4) is 6.07 Å². The van der Waals surface area contributed by atoms with Crippen molar-refractivity contribution in [1.82, 2.24) is 15.5 Å². The maximum absolute atomic E-state index is 13.1. The summed E-state index contributed by atoms with van der Waals surface area (Å²) >= 11 is 1.15. The molecule has 0 unspecified atom stereocenters. The summed E-state index contributed by atoms with van der Waals surface area (Å²) in [6.45, 7) is 3.78. The Morgan fingerprint density at radius 1 is 1.17 bits per heavy atom. The molecule has 0 saturated carbocycles. The molecule has 1 amide bonds. The first-order chi connectivity index (χ1) is 14.3. The number of anilines is 1. The molecule has 3 rings (SSSR count). The number of nitrogens with zero attached hydrogens (tertiary/aromatic N) is 4. The SMILES string of the molecule is CC(C)N(c1nncs1)S(=O)(=O)c1ccc(CNC(=O)c2ccc(C#N)cc2)cc1. The van der Waals surface area contributed by atoms with E-state index in [2.05, 4.69) is 15.5 Å². The summed E-state index contributed by atoms with van der Waals surface area (Å²) in [5.41, 5.74) is 3.16. The zero-order valence-corrected chi connectivity index (χ0v) is 17.9. The van der Waals surface area contributed by atoms with Crippen molar-refractivity contribution in [2.75, 3.05) is 4.31 Å². The van der Waals surface area contributed by atoms with Crippen molar-refractivity contribution in [2.24, 2.45) is 0 Å². The van der Waals surface area contributed by atoms with Gasteiger partial charge in [-0.2, -0.15) is 5.26 Å². The molecule has 1 heterocycles. The van der Waals surface area contributed by atoms with Crippen LogP contribution in [0.25, 0.3) is 0 Å². The van der Waals surface area contributed by atoms with Crippen LogP contribution in [0.1, 0.15) is 35.3 Å². The quantitative estimate of drug-likeness (QED) is 0.603. The van der Waals surface area contributed by atoms with Crippen molar-refractivity contribution in [3.05, 3.63) is 70.7 Å². The molecule has 30 heavy (non-hydrogen) atoms. The molecule has 3 aromatic rings. The maximum atomic E-state index is 13.1. The van der Waals surface area contributed by atoms with E-state index in [-0.39, 0.29) is 23.4 Å². The fraction of sp³-hybridized carbons (Fsp3) is 0.200. The van der Waals surface area contributed by atoms with Crippen molar-refractivity contribution in [3.63, 3.8) is 0 Å². The van der Waals surface area contributed by atoms with Crippen LogP contribution in [0.2, 0.25) is 0 Å². The average Bonchev–Trinajstić information content (AvgIpc) is 3.26. The van der Waals surface area contributed by atoms with E-state index in [1.807, 2.05) is 6.07 Å². The number of hydrogen-bond acceptors (Lipinski definition) is 7. The molecule has 0 fully saturated rings. The summed E-state index contributed by atoms with van der Waals surface area (Å²) in [6, 6.07) is 14.3. The van der Waals surface area contributed by atoms with Gasteiger partial charge in [0.05, 0.1) is 16.5 Å². The number of aromatic nitrogens is 2. The monoisotopic (exact) mass is 441 g/mol. The maximum Gasteiger partial charge on any atom is 0.266 e. The number of nitriles is 1. The van der Waals surface area contributed by atoms with Crippen LogP contribution in [0, 0.1) is 11.3 Å². The Bertz CT molecular complexity index is 1150. The Balaban J connectivity index is 1.71. The number of carbonyl (C=O) groups excluding carboxylic acids is 1. The molecule has 0 aliphatic rings. The molecule has 0 bridgehead atoms. The molecule has 0 aliphatic heterocycles. The Kier molecular flexibility index (Phi) is 6.44. The van der Waals surface area contributed by atoms with Crippen molar-refractivity contribution in [1.29, 1.82) is 5.26 Å². The fourth-order valence-corrected chi connectivity index (χ4v) is 5.26. The number of carbonyl (C=O) groups is 1. The molecular formula is C20H19N5O3S2. The van der Waals surface area contributed by atoms with E-state index in [1.54, 1.807) is 50.2 Å². The van der Waals surface area contributed by atoms with E-state index in [4.69, 9.17) is 5.26 Å². The van der Waals surface area contributed by atoms with Gasteiger partial charge in [0.1, 0.15) is 5.51 Å². The van der Waals surface area contributed by atoms with Crippen LogP contribution in [0.15, 0.2) is 58.9 Å². The Labute approximate surface area is 178 Å². The predicted octanol–water partition coefficient (Wildman–Crippen LogP) is 2.94. The second-order valence-electron chi connectivity index (χ2n) is 6.63. The minimum Gasteiger partial charge on any atom is -0.348 e. The van der Waals surface area contributed by atoms with Gasteiger partial charge in [-0.3, -0.25) is 4.79 Å². The summed E-state index contributed by atoms with van der Waals surface area (Å²) in [6.07, 6.45) is 0. The Hall–Kier alpha value is -3.29. The normalized spacial score (nSPS) is 11.1. The van der Waals surface area contributed by atoms with Crippen LogP contribution in [0.5, 0.6) is 0 Å². The third-order valence-electron chi connectivity index (χ3n) is 4.22. The van der Waals surface area contributed by atoms with Gasteiger partial charge in [0.25, 0.3) is 15.9 Å². The van der Waals surface area contributed by atoms with Crippen LogP contribution in [-0.2, 0) is 16.6 Å². The third kappa shape index (κ3) is 4.64. The third-order valence-corrected chi connectivity index (χ3v) is 7.00. The highest BCUT2D eigenvalue weighted by atomic mass is 32.2. The van der Waals surface area contributed by atoms with Gasteiger partial charge in [0, 0.05) is 18.2 Å². The van der Waals surface area contributed by atoms with Crippen LogP contribution in [0.3, 0.4) is 0 Å². The van der Waals surface area contributed by atoms with Gasteiger partial charge in [-0.05, 0) is 55.8 Å². The molecule has 154 valence electrons. The molecule has 8 nitrogen and oxygen atoms in total. The first-order valence-electron chi connectivity index (χ1n) is 9.01. The molecule has 0 aliphatic carbocycles. The summed E-state index contributed by atoms with van der Waals surface area (Å²) in [5.74, 6) is -0.279. The minimum absolute atomic E-state index is 0.133. The summed E-state index contributed by atoms with van der Waals surface area (Å²) in [4.78, 5) is 12.4. The van der Waals surface area contributed by atoms with Gasteiger partial charge in [-0.25, -0.2) is 12.7 Å².